The van der Waals surface area contributed by atoms with Gasteiger partial charge in [0.2, 0.25) is 0 Å². The third kappa shape index (κ3) is 4.26. The molecular weight excluding hydrogens is 420 g/mol. The first-order valence-electron chi connectivity index (χ1n) is 12.2. The summed E-state index contributed by atoms with van der Waals surface area (Å²) in [6.07, 6.45) is 3.28. The summed E-state index contributed by atoms with van der Waals surface area (Å²) in [5.74, 6) is -1.03. The first kappa shape index (κ1) is 22.4. The molecule has 0 spiro atoms. The molecule has 0 amide bonds. The Hall–Kier alpha value is -3.37. The van der Waals surface area contributed by atoms with Crippen LogP contribution in [0.2, 0.25) is 0 Å². The van der Waals surface area contributed by atoms with E-state index in [1.54, 1.807) is 0 Å². The van der Waals surface area contributed by atoms with Gasteiger partial charge in [0, 0.05) is 35.0 Å². The Kier molecular flexibility index (Phi) is 6.25. The first-order valence-corrected chi connectivity index (χ1v) is 12.2. The molecule has 4 aromatic rings. The summed E-state index contributed by atoms with van der Waals surface area (Å²) in [4.78, 5) is 12.8. The Labute approximate surface area is 201 Å². The molecule has 5 rings (SSSR count). The zero-order chi connectivity index (χ0) is 23.7. The van der Waals surface area contributed by atoms with Crippen molar-refractivity contribution in [3.05, 3.63) is 106 Å². The van der Waals surface area contributed by atoms with Gasteiger partial charge in [-0.15, -0.1) is 0 Å². The molecule has 4 heteroatoms. The highest BCUT2D eigenvalue weighted by Crippen LogP contribution is 2.40. The Balaban J connectivity index is 1.73. The van der Waals surface area contributed by atoms with Gasteiger partial charge in [-0.3, -0.25) is 0 Å². The number of aryl methyl sites for hydroxylation is 3. The number of carbonyl (C=O) groups is 1. The largest absolute Gasteiger partial charge is 0.477 e. The van der Waals surface area contributed by atoms with Crippen molar-refractivity contribution >= 4 is 16.9 Å². The molecular formula is C30H32N2O2. The van der Waals surface area contributed by atoms with Crippen molar-refractivity contribution in [2.75, 3.05) is 6.54 Å². The van der Waals surface area contributed by atoms with Gasteiger partial charge in [-0.1, -0.05) is 77.9 Å². The van der Waals surface area contributed by atoms with E-state index in [0.717, 1.165) is 47.0 Å². The van der Waals surface area contributed by atoms with Gasteiger partial charge in [0.15, 0.2) is 0 Å². The van der Waals surface area contributed by atoms with Crippen LogP contribution in [0.1, 0.15) is 63.5 Å². The van der Waals surface area contributed by atoms with Crippen LogP contribution in [0.25, 0.3) is 10.9 Å². The lowest BCUT2D eigenvalue weighted by atomic mass is 9.83. The van der Waals surface area contributed by atoms with E-state index in [1.807, 2.05) is 16.7 Å². The number of nitrogens with zero attached hydrogens (tertiary/aromatic N) is 1. The van der Waals surface area contributed by atoms with Gasteiger partial charge in [0.05, 0.1) is 0 Å². The van der Waals surface area contributed by atoms with Crippen LogP contribution in [0.15, 0.2) is 72.8 Å². The number of nitrogens with one attached hydrogen (secondary N) is 1. The average Bonchev–Trinajstić information content (AvgIpc) is 3.47. The lowest BCUT2D eigenvalue weighted by Gasteiger charge is -2.20. The van der Waals surface area contributed by atoms with Crippen LogP contribution in [0.3, 0.4) is 0 Å². The molecule has 3 aromatic carbocycles. The van der Waals surface area contributed by atoms with Crippen LogP contribution in [-0.4, -0.2) is 28.2 Å². The van der Waals surface area contributed by atoms with Crippen molar-refractivity contribution in [3.63, 3.8) is 0 Å². The number of aromatic carboxylic acids is 1. The van der Waals surface area contributed by atoms with Crippen LogP contribution in [0.4, 0.5) is 0 Å². The fourth-order valence-electron chi connectivity index (χ4n) is 5.42. The van der Waals surface area contributed by atoms with E-state index in [0.29, 0.717) is 18.3 Å². The predicted molar refractivity (Wildman–Crippen MR) is 138 cm³/mol. The standard InChI is InChI=1S/C30H32N2O2/c1-20-9-13-22(14-10-20)27(23-15-11-21(2)12-16-23)28-25-7-3-4-8-26(25)32(29(28)30(33)34)19-17-24-6-5-18-31-24/h3-4,7-16,24,27,31H,5-6,17-19H2,1-2H3,(H,33,34). The number of rotatable bonds is 7. The number of aromatic nitrogens is 1. The molecule has 0 bridgehead atoms. The van der Waals surface area contributed by atoms with Gasteiger partial charge in [-0.25, -0.2) is 4.79 Å². The summed E-state index contributed by atoms with van der Waals surface area (Å²) in [5.41, 5.74) is 6.89. The summed E-state index contributed by atoms with van der Waals surface area (Å²) < 4.78 is 2.04. The van der Waals surface area contributed by atoms with Gasteiger partial charge < -0.3 is 15.0 Å². The predicted octanol–water partition coefficient (Wildman–Crippen LogP) is 6.28. The number of para-hydroxylation sites is 1. The second-order valence-corrected chi connectivity index (χ2v) is 9.57. The number of fused-ring (bicyclic) bond motifs is 1. The summed E-state index contributed by atoms with van der Waals surface area (Å²) in [5, 5.41) is 15.1. The lowest BCUT2D eigenvalue weighted by molar-refractivity contribution is 0.0684. The van der Waals surface area contributed by atoms with Crippen molar-refractivity contribution < 1.29 is 9.90 Å². The van der Waals surface area contributed by atoms with Gasteiger partial charge >= 0.3 is 5.97 Å². The number of hydrogen-bond acceptors (Lipinski definition) is 2. The molecule has 0 saturated carbocycles. The molecule has 1 aromatic heterocycles. The SMILES string of the molecule is Cc1ccc(C(c2ccc(C)cc2)c2c(C(=O)O)n(CCC3CCCN3)c3ccccc23)cc1. The smallest absolute Gasteiger partial charge is 0.352 e. The van der Waals surface area contributed by atoms with Gasteiger partial charge in [-0.2, -0.15) is 0 Å². The molecule has 0 radical (unpaired) electrons. The number of carboxylic acids is 1. The van der Waals surface area contributed by atoms with Gasteiger partial charge in [0.25, 0.3) is 0 Å². The number of hydrogen-bond donors (Lipinski definition) is 2. The van der Waals surface area contributed by atoms with E-state index in [2.05, 4.69) is 79.8 Å². The normalized spacial score (nSPS) is 15.9. The van der Waals surface area contributed by atoms with E-state index < -0.39 is 5.97 Å². The maximum atomic E-state index is 12.8. The molecule has 1 saturated heterocycles. The molecule has 2 heterocycles. The third-order valence-electron chi connectivity index (χ3n) is 7.19. The zero-order valence-electron chi connectivity index (χ0n) is 19.9. The van der Waals surface area contributed by atoms with Crippen molar-refractivity contribution in [3.8, 4) is 0 Å². The van der Waals surface area contributed by atoms with Gasteiger partial charge in [0.1, 0.15) is 5.69 Å². The minimum Gasteiger partial charge on any atom is -0.477 e. The molecule has 4 nitrogen and oxygen atoms in total. The first-order chi connectivity index (χ1) is 16.5. The molecule has 1 aliphatic heterocycles. The Morgan fingerprint density at radius 2 is 1.59 bits per heavy atom. The number of benzene rings is 3. The third-order valence-corrected chi connectivity index (χ3v) is 7.19. The van der Waals surface area contributed by atoms with Crippen LogP contribution in [-0.2, 0) is 6.54 Å². The molecule has 1 unspecified atom stereocenters. The summed E-state index contributed by atoms with van der Waals surface area (Å²) >= 11 is 0. The monoisotopic (exact) mass is 452 g/mol. The van der Waals surface area contributed by atoms with Crippen LogP contribution in [0.5, 0.6) is 0 Å². The second-order valence-electron chi connectivity index (χ2n) is 9.57. The zero-order valence-corrected chi connectivity index (χ0v) is 19.9. The topological polar surface area (TPSA) is 54.3 Å². The van der Waals surface area contributed by atoms with E-state index >= 15 is 0 Å². The fourth-order valence-corrected chi connectivity index (χ4v) is 5.42. The Morgan fingerprint density at radius 1 is 0.971 bits per heavy atom. The molecule has 1 fully saturated rings. The molecule has 2 N–H and O–H groups in total. The maximum Gasteiger partial charge on any atom is 0.352 e. The van der Waals surface area contributed by atoms with Crippen molar-refractivity contribution in [1.82, 2.24) is 9.88 Å². The summed E-state index contributed by atoms with van der Waals surface area (Å²) in [6, 6.07) is 25.6. The Bertz CT molecular complexity index is 1250. The highest BCUT2D eigenvalue weighted by Gasteiger charge is 2.30. The molecule has 174 valence electrons. The second kappa shape index (κ2) is 9.47. The number of carboxylic acid groups (broad SMARTS) is 1. The summed E-state index contributed by atoms with van der Waals surface area (Å²) in [6.45, 7) is 5.90. The minimum absolute atomic E-state index is 0.164. The van der Waals surface area contributed by atoms with Crippen LogP contribution < -0.4 is 5.32 Å². The van der Waals surface area contributed by atoms with Crippen molar-refractivity contribution in [1.29, 1.82) is 0 Å². The molecule has 1 atom stereocenters. The molecule has 34 heavy (non-hydrogen) atoms. The maximum absolute atomic E-state index is 12.8. The molecule has 1 aliphatic rings. The van der Waals surface area contributed by atoms with E-state index in [4.69, 9.17) is 0 Å². The van der Waals surface area contributed by atoms with E-state index in [-0.39, 0.29) is 5.92 Å². The lowest BCUT2D eigenvalue weighted by Crippen LogP contribution is -2.24. The molecule has 0 aliphatic carbocycles. The van der Waals surface area contributed by atoms with Gasteiger partial charge in [-0.05, 0) is 56.8 Å². The van der Waals surface area contributed by atoms with E-state index in [9.17, 15) is 9.90 Å². The van der Waals surface area contributed by atoms with Crippen LogP contribution >= 0.6 is 0 Å². The highest BCUT2D eigenvalue weighted by atomic mass is 16.4. The van der Waals surface area contributed by atoms with E-state index in [1.165, 1.54) is 17.5 Å². The fraction of sp³-hybridized carbons (Fsp3) is 0.300. The average molecular weight is 453 g/mol. The minimum atomic E-state index is -0.866. The van der Waals surface area contributed by atoms with Crippen molar-refractivity contribution in [2.45, 2.75) is 51.6 Å². The summed E-state index contributed by atoms with van der Waals surface area (Å²) in [7, 11) is 0. The van der Waals surface area contributed by atoms with Crippen LogP contribution in [0, 0.1) is 13.8 Å². The Morgan fingerprint density at radius 3 is 2.15 bits per heavy atom. The highest BCUT2D eigenvalue weighted by molar-refractivity contribution is 5.99. The quantitative estimate of drug-likeness (QED) is 0.347. The van der Waals surface area contributed by atoms with Crippen molar-refractivity contribution in [2.24, 2.45) is 0 Å².